The number of hydrogen-bond donors (Lipinski definition) is 1. The zero-order valence-corrected chi connectivity index (χ0v) is 12.5. The van der Waals surface area contributed by atoms with Crippen molar-refractivity contribution in [3.63, 3.8) is 0 Å². The second-order valence-corrected chi connectivity index (χ2v) is 5.57. The lowest BCUT2D eigenvalue weighted by Crippen LogP contribution is -2.40. The largest absolute Gasteiger partial charge is 0.352 e. The van der Waals surface area contributed by atoms with Crippen molar-refractivity contribution in [3.05, 3.63) is 35.9 Å². The highest BCUT2D eigenvalue weighted by atomic mass is 16.1. The summed E-state index contributed by atoms with van der Waals surface area (Å²) in [6.07, 6.45) is 6.32. The molecule has 1 aromatic carbocycles. The minimum absolute atomic E-state index is 0.0382. The van der Waals surface area contributed by atoms with Gasteiger partial charge in [0.25, 0.3) is 5.91 Å². The molecular formula is C17H26N2O. The third kappa shape index (κ3) is 4.34. The van der Waals surface area contributed by atoms with Gasteiger partial charge in [-0.05, 0) is 44.4 Å². The van der Waals surface area contributed by atoms with Crippen molar-refractivity contribution in [1.29, 1.82) is 0 Å². The summed E-state index contributed by atoms with van der Waals surface area (Å²) in [6, 6.07) is 10.2. The van der Waals surface area contributed by atoms with Crippen molar-refractivity contribution in [3.8, 4) is 0 Å². The summed E-state index contributed by atoms with van der Waals surface area (Å²) in [4.78, 5) is 14.5. The minimum Gasteiger partial charge on any atom is -0.352 e. The summed E-state index contributed by atoms with van der Waals surface area (Å²) in [7, 11) is 0. The molecule has 1 amide bonds. The van der Waals surface area contributed by atoms with Gasteiger partial charge in [-0.3, -0.25) is 4.79 Å². The minimum atomic E-state index is 0.0382. The second kappa shape index (κ2) is 8.05. The highest BCUT2D eigenvalue weighted by molar-refractivity contribution is 5.94. The first kappa shape index (κ1) is 15.0. The van der Waals surface area contributed by atoms with Crippen molar-refractivity contribution in [2.75, 3.05) is 19.6 Å². The molecule has 1 heterocycles. The van der Waals surface area contributed by atoms with E-state index in [-0.39, 0.29) is 5.91 Å². The van der Waals surface area contributed by atoms with Gasteiger partial charge in [0.2, 0.25) is 0 Å². The maximum Gasteiger partial charge on any atom is 0.251 e. The number of likely N-dealkylation sites (tertiary alicyclic amines) is 1. The maximum absolute atomic E-state index is 11.9. The maximum atomic E-state index is 11.9. The van der Waals surface area contributed by atoms with E-state index >= 15 is 0 Å². The first-order chi connectivity index (χ1) is 9.81. The van der Waals surface area contributed by atoms with Gasteiger partial charge >= 0.3 is 0 Å². The molecule has 1 fully saturated rings. The number of nitrogens with zero attached hydrogens (tertiary/aromatic N) is 1. The Kier molecular flexibility index (Phi) is 6.06. The second-order valence-electron chi connectivity index (χ2n) is 5.57. The average Bonchev–Trinajstić information content (AvgIpc) is 2.52. The van der Waals surface area contributed by atoms with E-state index in [4.69, 9.17) is 0 Å². The molecule has 0 bridgehead atoms. The number of hydrogen-bond acceptors (Lipinski definition) is 2. The van der Waals surface area contributed by atoms with E-state index in [0.717, 1.165) is 31.1 Å². The van der Waals surface area contributed by atoms with Gasteiger partial charge in [-0.25, -0.2) is 0 Å². The molecule has 0 spiro atoms. The first-order valence-electron chi connectivity index (χ1n) is 7.88. The van der Waals surface area contributed by atoms with Crippen molar-refractivity contribution >= 4 is 5.91 Å². The van der Waals surface area contributed by atoms with Gasteiger partial charge in [-0.1, -0.05) is 31.5 Å². The normalized spacial score (nSPS) is 19.8. The lowest BCUT2D eigenvalue weighted by molar-refractivity contribution is 0.0947. The van der Waals surface area contributed by atoms with Crippen molar-refractivity contribution in [1.82, 2.24) is 10.2 Å². The van der Waals surface area contributed by atoms with Crippen LogP contribution in [-0.2, 0) is 0 Å². The van der Waals surface area contributed by atoms with Gasteiger partial charge in [-0.15, -0.1) is 0 Å². The zero-order valence-electron chi connectivity index (χ0n) is 12.5. The smallest absolute Gasteiger partial charge is 0.251 e. The van der Waals surface area contributed by atoms with Crippen LogP contribution in [0, 0.1) is 0 Å². The van der Waals surface area contributed by atoms with E-state index in [9.17, 15) is 4.79 Å². The predicted molar refractivity (Wildman–Crippen MR) is 82.9 cm³/mol. The highest BCUT2D eigenvalue weighted by Gasteiger charge is 2.19. The van der Waals surface area contributed by atoms with E-state index in [0.29, 0.717) is 0 Å². The van der Waals surface area contributed by atoms with Crippen LogP contribution in [0.2, 0.25) is 0 Å². The molecule has 1 atom stereocenters. The van der Waals surface area contributed by atoms with Gasteiger partial charge in [0.1, 0.15) is 0 Å². The highest BCUT2D eigenvalue weighted by Crippen LogP contribution is 2.19. The fourth-order valence-electron chi connectivity index (χ4n) is 2.99. The molecule has 1 aliphatic heterocycles. The Morgan fingerprint density at radius 2 is 2.10 bits per heavy atom. The van der Waals surface area contributed by atoms with Crippen molar-refractivity contribution in [2.45, 2.75) is 45.1 Å². The van der Waals surface area contributed by atoms with Crippen molar-refractivity contribution < 1.29 is 4.79 Å². The van der Waals surface area contributed by atoms with E-state index in [1.165, 1.54) is 32.2 Å². The van der Waals surface area contributed by atoms with Gasteiger partial charge in [-0.2, -0.15) is 0 Å². The molecule has 3 nitrogen and oxygen atoms in total. The van der Waals surface area contributed by atoms with Gasteiger partial charge in [0.15, 0.2) is 0 Å². The van der Waals surface area contributed by atoms with Gasteiger partial charge in [0, 0.05) is 24.7 Å². The number of rotatable bonds is 6. The molecule has 3 heteroatoms. The number of carbonyl (C=O) groups is 1. The van der Waals surface area contributed by atoms with Crippen LogP contribution >= 0.6 is 0 Å². The van der Waals surface area contributed by atoms with Gasteiger partial charge in [0.05, 0.1) is 0 Å². The van der Waals surface area contributed by atoms with Crippen LogP contribution in [0.15, 0.2) is 30.3 Å². The number of nitrogens with one attached hydrogen (secondary N) is 1. The Balaban J connectivity index is 1.67. The van der Waals surface area contributed by atoms with Crippen LogP contribution in [0.25, 0.3) is 0 Å². The summed E-state index contributed by atoms with van der Waals surface area (Å²) in [5.41, 5.74) is 0.747. The molecule has 0 aliphatic carbocycles. The Morgan fingerprint density at radius 1 is 1.30 bits per heavy atom. The molecule has 1 aromatic rings. The topological polar surface area (TPSA) is 32.3 Å². The Hall–Kier alpha value is -1.35. The SMILES string of the molecule is CCC1CCCCN1CCCNC(=O)c1ccccc1. The van der Waals surface area contributed by atoms with Crippen LogP contribution in [-0.4, -0.2) is 36.5 Å². The van der Waals surface area contributed by atoms with Crippen LogP contribution in [0.4, 0.5) is 0 Å². The summed E-state index contributed by atoms with van der Waals surface area (Å²) in [6.45, 7) is 5.37. The number of amides is 1. The van der Waals surface area contributed by atoms with E-state index in [2.05, 4.69) is 17.1 Å². The summed E-state index contributed by atoms with van der Waals surface area (Å²) < 4.78 is 0. The standard InChI is InChI=1S/C17H26N2O/c1-2-16-11-6-7-13-19(16)14-8-12-18-17(20)15-9-4-3-5-10-15/h3-5,9-10,16H,2,6-8,11-14H2,1H3,(H,18,20). The molecule has 2 rings (SSSR count). The lowest BCUT2D eigenvalue weighted by atomic mass is 10.00. The molecule has 0 saturated carbocycles. The van der Waals surface area contributed by atoms with Crippen LogP contribution in [0.3, 0.4) is 0 Å². The molecule has 0 aromatic heterocycles. The van der Waals surface area contributed by atoms with E-state index in [1.807, 2.05) is 30.3 Å². The third-order valence-corrected chi connectivity index (χ3v) is 4.16. The molecule has 1 N–H and O–H groups in total. The zero-order chi connectivity index (χ0) is 14.2. The predicted octanol–water partition coefficient (Wildman–Crippen LogP) is 3.07. The number of benzene rings is 1. The van der Waals surface area contributed by atoms with Crippen LogP contribution in [0.5, 0.6) is 0 Å². The Bertz CT molecular complexity index is 405. The monoisotopic (exact) mass is 274 g/mol. The summed E-state index contributed by atoms with van der Waals surface area (Å²) in [5.74, 6) is 0.0382. The molecular weight excluding hydrogens is 248 g/mol. The average molecular weight is 274 g/mol. The molecule has 1 aliphatic rings. The fraction of sp³-hybridized carbons (Fsp3) is 0.588. The number of piperidine rings is 1. The van der Waals surface area contributed by atoms with Crippen molar-refractivity contribution in [2.24, 2.45) is 0 Å². The quantitative estimate of drug-likeness (QED) is 0.809. The summed E-state index contributed by atoms with van der Waals surface area (Å²) >= 11 is 0. The fourth-order valence-corrected chi connectivity index (χ4v) is 2.99. The first-order valence-corrected chi connectivity index (χ1v) is 7.88. The van der Waals surface area contributed by atoms with Gasteiger partial charge < -0.3 is 10.2 Å². The summed E-state index contributed by atoms with van der Waals surface area (Å²) in [5, 5.41) is 3.01. The molecule has 20 heavy (non-hydrogen) atoms. The Morgan fingerprint density at radius 3 is 2.85 bits per heavy atom. The Labute approximate surface area is 122 Å². The number of carbonyl (C=O) groups excluding carboxylic acids is 1. The van der Waals surface area contributed by atoms with E-state index in [1.54, 1.807) is 0 Å². The van der Waals surface area contributed by atoms with E-state index < -0.39 is 0 Å². The molecule has 110 valence electrons. The molecule has 1 unspecified atom stereocenters. The molecule has 1 saturated heterocycles. The van der Waals surface area contributed by atoms with Crippen LogP contribution in [0.1, 0.15) is 49.4 Å². The van der Waals surface area contributed by atoms with Crippen LogP contribution < -0.4 is 5.32 Å². The lowest BCUT2D eigenvalue weighted by Gasteiger charge is -2.35. The third-order valence-electron chi connectivity index (χ3n) is 4.16. The molecule has 0 radical (unpaired) electrons.